The number of hydrogen-bond acceptors (Lipinski definition) is 3. The number of benzene rings is 2. The van der Waals surface area contributed by atoms with Gasteiger partial charge in [0.15, 0.2) is 5.78 Å². The summed E-state index contributed by atoms with van der Waals surface area (Å²) < 4.78 is 2.66. The van der Waals surface area contributed by atoms with Gasteiger partial charge in [-0.25, -0.2) is 4.68 Å². The van der Waals surface area contributed by atoms with E-state index >= 15 is 0 Å². The lowest BCUT2D eigenvalue weighted by Gasteiger charge is -2.23. The first-order valence-corrected chi connectivity index (χ1v) is 9.91. The van der Waals surface area contributed by atoms with Gasteiger partial charge in [0.05, 0.1) is 17.3 Å². The summed E-state index contributed by atoms with van der Waals surface area (Å²) in [6, 6.07) is 13.4. The lowest BCUT2D eigenvalue weighted by atomic mass is 9.85. The Morgan fingerprint density at radius 2 is 1.82 bits per heavy atom. The number of hydrogen-bond donors (Lipinski definition) is 1. The van der Waals surface area contributed by atoms with E-state index in [4.69, 9.17) is 0 Å². The molecule has 0 bridgehead atoms. The van der Waals surface area contributed by atoms with Crippen LogP contribution in [0.3, 0.4) is 0 Å². The maximum atomic E-state index is 13.3. The highest BCUT2D eigenvalue weighted by Crippen LogP contribution is 2.38. The number of carbonyl (C=O) groups excluding carboxylic acids is 2. The molecule has 0 fully saturated rings. The van der Waals surface area contributed by atoms with E-state index in [-0.39, 0.29) is 18.1 Å². The van der Waals surface area contributed by atoms with Crippen LogP contribution in [0, 0.1) is 20.8 Å². The van der Waals surface area contributed by atoms with Crippen LogP contribution in [0.15, 0.2) is 46.9 Å². The number of rotatable bonds is 3. The van der Waals surface area contributed by atoms with E-state index in [1.54, 1.807) is 4.68 Å². The van der Waals surface area contributed by atoms with Crippen LogP contribution in [0.5, 0.6) is 0 Å². The van der Waals surface area contributed by atoms with Crippen molar-refractivity contribution < 1.29 is 9.59 Å². The van der Waals surface area contributed by atoms with Crippen molar-refractivity contribution in [3.8, 4) is 5.69 Å². The number of Topliss-reactive ketones (excluding diaryl/α,β-unsaturated/α-hetero) is 1. The molecule has 1 amide bonds. The van der Waals surface area contributed by atoms with E-state index in [9.17, 15) is 9.59 Å². The summed E-state index contributed by atoms with van der Waals surface area (Å²) in [7, 11) is 0. The first kappa shape index (κ1) is 18.6. The predicted molar refractivity (Wildman–Crippen MR) is 112 cm³/mol. The normalized spacial score (nSPS) is 15.9. The summed E-state index contributed by atoms with van der Waals surface area (Å²) in [5.41, 5.74) is 5.20. The zero-order valence-electron chi connectivity index (χ0n) is 15.9. The topological polar surface area (TPSA) is 64.0 Å². The lowest BCUT2D eigenvalue weighted by Crippen LogP contribution is -2.28. The monoisotopic (exact) mass is 437 g/mol. The third kappa shape index (κ3) is 3.18. The van der Waals surface area contributed by atoms with Gasteiger partial charge in [-0.1, -0.05) is 28.1 Å². The van der Waals surface area contributed by atoms with Gasteiger partial charge in [-0.3, -0.25) is 9.59 Å². The molecule has 28 heavy (non-hydrogen) atoms. The van der Waals surface area contributed by atoms with Crippen molar-refractivity contribution in [3.63, 3.8) is 0 Å². The maximum absolute atomic E-state index is 13.3. The molecule has 1 N–H and O–H groups in total. The number of carbonyl (C=O) groups is 2. The Labute approximate surface area is 171 Å². The standard InChI is InChI=1S/C22H20BrN3O2/c1-12-4-5-15(10-13(12)2)21(28)18-11-19(27)24-22-20(18)14(3)25-26(22)17-8-6-16(23)7-9-17/h4-10,18H,11H2,1-3H3,(H,24,27). The zero-order valence-corrected chi connectivity index (χ0v) is 17.5. The van der Waals surface area contributed by atoms with Crippen LogP contribution in [0.1, 0.15) is 45.1 Å². The number of aromatic nitrogens is 2. The quantitative estimate of drug-likeness (QED) is 0.594. The largest absolute Gasteiger partial charge is 0.310 e. The summed E-state index contributed by atoms with van der Waals surface area (Å²) in [5, 5.41) is 7.54. The number of fused-ring (bicyclic) bond motifs is 1. The number of ketones is 1. The second-order valence-corrected chi connectivity index (χ2v) is 8.12. The van der Waals surface area contributed by atoms with Crippen molar-refractivity contribution in [1.82, 2.24) is 9.78 Å². The van der Waals surface area contributed by atoms with Crippen molar-refractivity contribution >= 4 is 33.4 Å². The number of halogens is 1. The Bertz CT molecular complexity index is 1100. The summed E-state index contributed by atoms with van der Waals surface area (Å²) in [6.07, 6.45) is 0.131. The Balaban J connectivity index is 1.81. The Morgan fingerprint density at radius 3 is 2.50 bits per heavy atom. The molecule has 1 atom stereocenters. The minimum atomic E-state index is -0.532. The van der Waals surface area contributed by atoms with Gasteiger partial charge in [-0.15, -0.1) is 0 Å². The SMILES string of the molecule is Cc1ccc(C(=O)C2CC(=O)Nc3c2c(C)nn3-c2ccc(Br)cc2)cc1C. The molecular formula is C22H20BrN3O2. The molecule has 2 heterocycles. The van der Waals surface area contributed by atoms with Gasteiger partial charge >= 0.3 is 0 Å². The molecule has 2 aromatic carbocycles. The summed E-state index contributed by atoms with van der Waals surface area (Å²) >= 11 is 3.43. The van der Waals surface area contributed by atoms with Gasteiger partial charge in [-0.2, -0.15) is 5.10 Å². The minimum Gasteiger partial charge on any atom is -0.310 e. The molecule has 0 radical (unpaired) electrons. The molecule has 3 aromatic rings. The molecule has 4 rings (SSSR count). The first-order valence-electron chi connectivity index (χ1n) is 9.12. The van der Waals surface area contributed by atoms with E-state index in [1.807, 2.05) is 63.2 Å². The molecule has 6 heteroatoms. The fourth-order valence-corrected chi connectivity index (χ4v) is 3.90. The molecule has 5 nitrogen and oxygen atoms in total. The molecule has 0 aliphatic carbocycles. The maximum Gasteiger partial charge on any atom is 0.226 e. The zero-order chi connectivity index (χ0) is 20.0. The van der Waals surface area contributed by atoms with E-state index in [2.05, 4.69) is 26.3 Å². The van der Waals surface area contributed by atoms with Crippen molar-refractivity contribution in [3.05, 3.63) is 74.9 Å². The van der Waals surface area contributed by atoms with Crippen molar-refractivity contribution in [1.29, 1.82) is 0 Å². The van der Waals surface area contributed by atoms with E-state index < -0.39 is 5.92 Å². The minimum absolute atomic E-state index is 0.0438. The highest BCUT2D eigenvalue weighted by molar-refractivity contribution is 9.10. The fourth-order valence-electron chi connectivity index (χ4n) is 3.64. The van der Waals surface area contributed by atoms with Crippen molar-refractivity contribution in [2.24, 2.45) is 0 Å². The van der Waals surface area contributed by atoms with Gasteiger partial charge in [0.25, 0.3) is 0 Å². The smallest absolute Gasteiger partial charge is 0.226 e. The second kappa shape index (κ2) is 7.02. The Hall–Kier alpha value is -2.73. The van der Waals surface area contributed by atoms with Crippen LogP contribution in [-0.4, -0.2) is 21.5 Å². The van der Waals surface area contributed by atoms with E-state index in [0.29, 0.717) is 11.4 Å². The van der Waals surface area contributed by atoms with Crippen LogP contribution in [0.2, 0.25) is 0 Å². The molecule has 1 aliphatic rings. The third-order valence-electron chi connectivity index (χ3n) is 5.28. The molecule has 142 valence electrons. The average molecular weight is 438 g/mol. The Kier molecular flexibility index (Phi) is 4.67. The van der Waals surface area contributed by atoms with E-state index in [1.165, 1.54) is 0 Å². The van der Waals surface area contributed by atoms with Crippen LogP contribution >= 0.6 is 15.9 Å². The van der Waals surface area contributed by atoms with Gasteiger partial charge in [0, 0.05) is 22.0 Å². The van der Waals surface area contributed by atoms with Gasteiger partial charge < -0.3 is 5.32 Å². The summed E-state index contributed by atoms with van der Waals surface area (Å²) in [5.74, 6) is -0.168. The van der Waals surface area contributed by atoms with Crippen LogP contribution in [0.4, 0.5) is 5.82 Å². The molecule has 0 saturated heterocycles. The molecule has 1 unspecified atom stereocenters. The van der Waals surface area contributed by atoms with Crippen molar-refractivity contribution in [2.45, 2.75) is 33.1 Å². The average Bonchev–Trinajstić information content (AvgIpc) is 3.00. The van der Waals surface area contributed by atoms with Crippen molar-refractivity contribution in [2.75, 3.05) is 5.32 Å². The van der Waals surface area contributed by atoms with Gasteiger partial charge in [-0.05, 0) is 62.2 Å². The molecular weight excluding hydrogens is 418 g/mol. The highest BCUT2D eigenvalue weighted by Gasteiger charge is 2.36. The Morgan fingerprint density at radius 1 is 1.11 bits per heavy atom. The predicted octanol–water partition coefficient (Wildman–Crippen LogP) is 4.87. The number of aryl methyl sites for hydroxylation is 3. The second-order valence-electron chi connectivity index (χ2n) is 7.20. The first-order chi connectivity index (χ1) is 13.3. The number of anilines is 1. The molecule has 0 saturated carbocycles. The van der Waals surface area contributed by atoms with Gasteiger partial charge in [0.2, 0.25) is 5.91 Å². The van der Waals surface area contributed by atoms with Gasteiger partial charge in [0.1, 0.15) is 5.82 Å². The number of nitrogens with one attached hydrogen (secondary N) is 1. The fraction of sp³-hybridized carbons (Fsp3) is 0.227. The molecule has 1 aliphatic heterocycles. The van der Waals surface area contributed by atoms with Crippen LogP contribution in [-0.2, 0) is 4.79 Å². The summed E-state index contributed by atoms with van der Waals surface area (Å²) in [6.45, 7) is 5.89. The highest BCUT2D eigenvalue weighted by atomic mass is 79.9. The molecule has 1 aromatic heterocycles. The molecule has 0 spiro atoms. The third-order valence-corrected chi connectivity index (χ3v) is 5.81. The summed E-state index contributed by atoms with van der Waals surface area (Å²) in [4.78, 5) is 25.7. The van der Waals surface area contributed by atoms with E-state index in [0.717, 1.165) is 32.5 Å². The number of nitrogens with zero attached hydrogens (tertiary/aromatic N) is 2. The lowest BCUT2D eigenvalue weighted by molar-refractivity contribution is -0.116. The van der Waals surface area contributed by atoms with Crippen LogP contribution < -0.4 is 5.32 Å². The number of amides is 1. The van der Waals surface area contributed by atoms with Crippen LogP contribution in [0.25, 0.3) is 5.69 Å².